The Hall–Kier alpha value is -1.43. The minimum absolute atomic E-state index is 0.381. The minimum atomic E-state index is -0.382. The second kappa shape index (κ2) is 6.83. The number of hydrogen-bond acceptors (Lipinski definition) is 5. The van der Waals surface area contributed by atoms with Crippen LogP contribution < -0.4 is 5.73 Å². The first-order valence-electron chi connectivity index (χ1n) is 6.55. The second-order valence-electron chi connectivity index (χ2n) is 4.60. The summed E-state index contributed by atoms with van der Waals surface area (Å²) < 4.78 is 10.6. The molecular formula is C14H18ClN3O2. The van der Waals surface area contributed by atoms with Crippen LogP contribution in [0.4, 0.5) is 0 Å². The number of aromatic nitrogens is 2. The summed E-state index contributed by atoms with van der Waals surface area (Å²) in [5.41, 5.74) is 7.73. The van der Waals surface area contributed by atoms with Gasteiger partial charge in [-0.25, -0.2) is 0 Å². The van der Waals surface area contributed by atoms with Crippen molar-refractivity contribution in [2.45, 2.75) is 26.3 Å². The zero-order valence-electron chi connectivity index (χ0n) is 11.6. The molecule has 0 bridgehead atoms. The molecule has 0 aliphatic heterocycles. The SMILES string of the molecule is CCCOCC(N)c1noc(-c2ccc(Cl)c(C)c2)n1. The topological polar surface area (TPSA) is 74.2 Å². The van der Waals surface area contributed by atoms with Crippen molar-refractivity contribution in [1.82, 2.24) is 10.1 Å². The van der Waals surface area contributed by atoms with Gasteiger partial charge in [0, 0.05) is 17.2 Å². The van der Waals surface area contributed by atoms with E-state index in [2.05, 4.69) is 10.1 Å². The Morgan fingerprint density at radius 3 is 2.95 bits per heavy atom. The molecule has 5 nitrogen and oxygen atoms in total. The third kappa shape index (κ3) is 3.56. The number of halogens is 1. The van der Waals surface area contributed by atoms with Gasteiger partial charge < -0.3 is 15.0 Å². The molecule has 2 aromatic rings. The standard InChI is InChI=1S/C14H18ClN3O2/c1-3-6-19-8-12(16)13-17-14(20-18-13)10-4-5-11(15)9(2)7-10/h4-5,7,12H,3,6,8,16H2,1-2H3. The molecule has 6 heteroatoms. The summed E-state index contributed by atoms with van der Waals surface area (Å²) in [6.45, 7) is 5.02. The average Bonchev–Trinajstić information content (AvgIpc) is 2.92. The van der Waals surface area contributed by atoms with E-state index in [1.807, 2.05) is 26.0 Å². The predicted molar refractivity (Wildman–Crippen MR) is 77.5 cm³/mol. The Kier molecular flexibility index (Phi) is 5.11. The summed E-state index contributed by atoms with van der Waals surface area (Å²) in [5, 5.41) is 4.61. The average molecular weight is 296 g/mol. The number of rotatable bonds is 6. The minimum Gasteiger partial charge on any atom is -0.379 e. The van der Waals surface area contributed by atoms with Crippen molar-refractivity contribution >= 4 is 11.6 Å². The van der Waals surface area contributed by atoms with Crippen molar-refractivity contribution in [2.24, 2.45) is 5.73 Å². The summed E-state index contributed by atoms with van der Waals surface area (Å²) in [5.74, 6) is 0.884. The van der Waals surface area contributed by atoms with Crippen molar-refractivity contribution < 1.29 is 9.26 Å². The van der Waals surface area contributed by atoms with Crippen molar-refractivity contribution in [3.63, 3.8) is 0 Å². The van der Waals surface area contributed by atoms with Crippen LogP contribution in [0.25, 0.3) is 11.5 Å². The number of nitrogens with zero attached hydrogens (tertiary/aromatic N) is 2. The van der Waals surface area contributed by atoms with Crippen LogP contribution in [-0.2, 0) is 4.74 Å². The van der Waals surface area contributed by atoms with E-state index in [1.165, 1.54) is 0 Å². The lowest BCUT2D eigenvalue weighted by molar-refractivity contribution is 0.119. The van der Waals surface area contributed by atoms with E-state index in [0.29, 0.717) is 30.0 Å². The molecule has 0 saturated carbocycles. The van der Waals surface area contributed by atoms with Gasteiger partial charge in [0.1, 0.15) is 0 Å². The molecule has 1 aromatic heterocycles. The van der Waals surface area contributed by atoms with Crippen LogP contribution in [0, 0.1) is 6.92 Å². The Morgan fingerprint density at radius 1 is 1.45 bits per heavy atom. The normalized spacial score (nSPS) is 12.6. The van der Waals surface area contributed by atoms with Crippen LogP contribution >= 0.6 is 11.6 Å². The lowest BCUT2D eigenvalue weighted by Gasteiger charge is -2.06. The van der Waals surface area contributed by atoms with Gasteiger partial charge in [0.2, 0.25) is 0 Å². The van der Waals surface area contributed by atoms with Crippen molar-refractivity contribution in [3.8, 4) is 11.5 Å². The maximum Gasteiger partial charge on any atom is 0.257 e. The zero-order chi connectivity index (χ0) is 14.5. The third-order valence-corrected chi connectivity index (χ3v) is 3.25. The fourth-order valence-corrected chi connectivity index (χ4v) is 1.83. The second-order valence-corrected chi connectivity index (χ2v) is 5.01. The van der Waals surface area contributed by atoms with Crippen LogP contribution in [-0.4, -0.2) is 23.4 Å². The van der Waals surface area contributed by atoms with Gasteiger partial charge in [-0.1, -0.05) is 23.7 Å². The molecule has 2 N–H and O–H groups in total. The molecule has 0 aliphatic carbocycles. The fourth-order valence-electron chi connectivity index (χ4n) is 1.71. The highest BCUT2D eigenvalue weighted by Gasteiger charge is 2.15. The Balaban J connectivity index is 2.09. The number of benzene rings is 1. The molecule has 1 heterocycles. The van der Waals surface area contributed by atoms with E-state index in [9.17, 15) is 0 Å². The molecule has 1 unspecified atom stereocenters. The summed E-state index contributed by atoms with van der Waals surface area (Å²) >= 11 is 5.99. The molecule has 2 rings (SSSR count). The van der Waals surface area contributed by atoms with Crippen LogP contribution in [0.1, 0.15) is 30.8 Å². The van der Waals surface area contributed by atoms with Crippen molar-refractivity contribution in [3.05, 3.63) is 34.6 Å². The predicted octanol–water partition coefficient (Wildman–Crippen LogP) is 3.12. The van der Waals surface area contributed by atoms with Crippen LogP contribution in [0.15, 0.2) is 22.7 Å². The molecule has 0 spiro atoms. The number of ether oxygens (including phenoxy) is 1. The van der Waals surface area contributed by atoms with E-state index < -0.39 is 0 Å². The van der Waals surface area contributed by atoms with Crippen LogP contribution in [0.2, 0.25) is 5.02 Å². The maximum atomic E-state index is 5.99. The number of hydrogen-bond donors (Lipinski definition) is 1. The largest absolute Gasteiger partial charge is 0.379 e. The van der Waals surface area contributed by atoms with Crippen LogP contribution in [0.3, 0.4) is 0 Å². The lowest BCUT2D eigenvalue weighted by Crippen LogP contribution is -2.18. The molecule has 1 atom stereocenters. The number of nitrogens with two attached hydrogens (primary N) is 1. The lowest BCUT2D eigenvalue weighted by atomic mass is 10.1. The fraction of sp³-hybridized carbons (Fsp3) is 0.429. The van der Waals surface area contributed by atoms with Crippen molar-refractivity contribution in [2.75, 3.05) is 13.2 Å². The first-order chi connectivity index (χ1) is 9.61. The van der Waals surface area contributed by atoms with Gasteiger partial charge in [-0.05, 0) is 37.1 Å². The molecule has 1 aromatic carbocycles. The van der Waals surface area contributed by atoms with E-state index in [-0.39, 0.29) is 6.04 Å². The summed E-state index contributed by atoms with van der Waals surface area (Å²) in [7, 11) is 0. The number of aryl methyl sites for hydroxylation is 1. The van der Waals surface area contributed by atoms with E-state index >= 15 is 0 Å². The third-order valence-electron chi connectivity index (χ3n) is 2.82. The first-order valence-corrected chi connectivity index (χ1v) is 6.93. The maximum absolute atomic E-state index is 5.99. The molecule has 0 fully saturated rings. The van der Waals surface area contributed by atoms with Gasteiger partial charge >= 0.3 is 0 Å². The van der Waals surface area contributed by atoms with Gasteiger partial charge in [-0.2, -0.15) is 4.98 Å². The van der Waals surface area contributed by atoms with Gasteiger partial charge in [-0.3, -0.25) is 0 Å². The molecule has 0 aliphatic rings. The summed E-state index contributed by atoms with van der Waals surface area (Å²) in [6, 6.07) is 5.16. The van der Waals surface area contributed by atoms with Gasteiger partial charge in [-0.15, -0.1) is 0 Å². The highest BCUT2D eigenvalue weighted by molar-refractivity contribution is 6.31. The summed E-state index contributed by atoms with van der Waals surface area (Å²) in [6.07, 6.45) is 0.953. The Morgan fingerprint density at radius 2 is 2.25 bits per heavy atom. The molecule has 0 saturated heterocycles. The van der Waals surface area contributed by atoms with Crippen molar-refractivity contribution in [1.29, 1.82) is 0 Å². The summed E-state index contributed by atoms with van der Waals surface area (Å²) in [4.78, 5) is 4.30. The zero-order valence-corrected chi connectivity index (χ0v) is 12.4. The highest BCUT2D eigenvalue weighted by Crippen LogP contribution is 2.24. The van der Waals surface area contributed by atoms with Gasteiger partial charge in [0.25, 0.3) is 5.89 Å². The smallest absolute Gasteiger partial charge is 0.257 e. The molecule has 108 valence electrons. The first kappa shape index (κ1) is 15.0. The van der Waals surface area contributed by atoms with Crippen LogP contribution in [0.5, 0.6) is 0 Å². The highest BCUT2D eigenvalue weighted by atomic mass is 35.5. The van der Waals surface area contributed by atoms with E-state index in [1.54, 1.807) is 6.07 Å². The monoisotopic (exact) mass is 295 g/mol. The molecule has 20 heavy (non-hydrogen) atoms. The van der Waals surface area contributed by atoms with E-state index in [0.717, 1.165) is 17.5 Å². The Bertz CT molecular complexity index is 571. The van der Waals surface area contributed by atoms with E-state index in [4.69, 9.17) is 26.6 Å². The van der Waals surface area contributed by atoms with Gasteiger partial charge in [0.05, 0.1) is 12.6 Å². The van der Waals surface area contributed by atoms with Gasteiger partial charge in [0.15, 0.2) is 5.82 Å². The molecular weight excluding hydrogens is 278 g/mol. The molecule has 0 amide bonds. The molecule has 0 radical (unpaired) electrons. The Labute approximate surface area is 123 Å². The quantitative estimate of drug-likeness (QED) is 0.829.